The minimum Gasteiger partial charge on any atom is -0.329 e. The third-order valence-corrected chi connectivity index (χ3v) is 2.18. The zero-order valence-corrected chi connectivity index (χ0v) is 8.31. The number of hydrogen-bond acceptors (Lipinski definition) is 3. The summed E-state index contributed by atoms with van der Waals surface area (Å²) in [6.45, 7) is 7.13. The molecule has 0 fully saturated rings. The van der Waals surface area contributed by atoms with Gasteiger partial charge in [0.05, 0.1) is 0 Å². The topological polar surface area (TPSA) is 41.3 Å². The van der Waals surface area contributed by atoms with E-state index in [9.17, 15) is 0 Å². The molecule has 1 atom stereocenters. The van der Waals surface area contributed by atoms with Crippen LogP contribution in [0.25, 0.3) is 0 Å². The third kappa shape index (κ3) is 3.18. The molecule has 0 saturated heterocycles. The smallest absolute Gasteiger partial charge is 0.0442 e. The van der Waals surface area contributed by atoms with Crippen LogP contribution in [0.2, 0.25) is 0 Å². The predicted molar refractivity (Wildman–Crippen MR) is 49.1 cm³/mol. The summed E-state index contributed by atoms with van der Waals surface area (Å²) in [5.74, 6) is 0.537. The molecule has 0 aliphatic rings. The molecular weight excluding hydrogens is 138 g/mol. The molecule has 3 N–H and O–H groups in total. The Labute approximate surface area is 69.9 Å². The first-order chi connectivity index (χ1) is 4.92. The highest BCUT2D eigenvalue weighted by Crippen LogP contribution is 2.14. The summed E-state index contributed by atoms with van der Waals surface area (Å²) in [6, 6.07) is 0. The summed E-state index contributed by atoms with van der Waals surface area (Å²) < 4.78 is 0. The Balaban J connectivity index is 4.10. The van der Waals surface area contributed by atoms with Gasteiger partial charge in [-0.05, 0) is 12.8 Å². The van der Waals surface area contributed by atoms with Crippen LogP contribution < -0.4 is 11.2 Å². The van der Waals surface area contributed by atoms with Gasteiger partial charge in [0.2, 0.25) is 0 Å². The van der Waals surface area contributed by atoms with E-state index in [1.54, 1.807) is 0 Å². The highest BCUT2D eigenvalue weighted by Gasteiger charge is 2.26. The number of hydrazine groups is 1. The lowest BCUT2D eigenvalue weighted by molar-refractivity contribution is 0.135. The molecule has 3 nitrogen and oxygen atoms in total. The van der Waals surface area contributed by atoms with Crippen molar-refractivity contribution < 1.29 is 0 Å². The first-order valence-electron chi connectivity index (χ1n) is 4.07. The second-order valence-corrected chi connectivity index (χ2v) is 3.78. The standard InChI is InChI=1S/C8H21N3/c1-7(2)8(3,6-9)10-11(4)5/h7,10H,6,9H2,1-5H3. The van der Waals surface area contributed by atoms with Gasteiger partial charge in [-0.3, -0.25) is 5.01 Å². The van der Waals surface area contributed by atoms with E-state index in [0.29, 0.717) is 12.5 Å². The van der Waals surface area contributed by atoms with Crippen LogP contribution in [0, 0.1) is 5.92 Å². The second-order valence-electron chi connectivity index (χ2n) is 3.78. The van der Waals surface area contributed by atoms with Crippen molar-refractivity contribution in [1.29, 1.82) is 0 Å². The SMILES string of the molecule is CC(C)C(C)(CN)NN(C)C. The summed E-state index contributed by atoms with van der Waals surface area (Å²) in [5.41, 5.74) is 9.00. The van der Waals surface area contributed by atoms with Gasteiger partial charge in [-0.15, -0.1) is 0 Å². The molecule has 0 rings (SSSR count). The summed E-state index contributed by atoms with van der Waals surface area (Å²) in [4.78, 5) is 0. The zero-order chi connectivity index (χ0) is 9.07. The number of hydrogen-bond donors (Lipinski definition) is 2. The van der Waals surface area contributed by atoms with E-state index in [1.165, 1.54) is 0 Å². The number of rotatable bonds is 4. The first kappa shape index (κ1) is 10.9. The van der Waals surface area contributed by atoms with Gasteiger partial charge in [0, 0.05) is 26.2 Å². The molecule has 0 amide bonds. The normalized spacial score (nSPS) is 17.5. The van der Waals surface area contributed by atoms with Gasteiger partial charge >= 0.3 is 0 Å². The molecule has 0 aromatic carbocycles. The van der Waals surface area contributed by atoms with Gasteiger partial charge < -0.3 is 5.73 Å². The minimum atomic E-state index is 0.0174. The van der Waals surface area contributed by atoms with Crippen molar-refractivity contribution in [2.45, 2.75) is 26.3 Å². The maximum Gasteiger partial charge on any atom is 0.0442 e. The molecule has 0 heterocycles. The fourth-order valence-electron chi connectivity index (χ4n) is 0.921. The van der Waals surface area contributed by atoms with Crippen molar-refractivity contribution in [3.8, 4) is 0 Å². The molecule has 3 heteroatoms. The number of nitrogens with two attached hydrogens (primary N) is 1. The summed E-state index contributed by atoms with van der Waals surface area (Å²) >= 11 is 0. The fourth-order valence-corrected chi connectivity index (χ4v) is 0.921. The second kappa shape index (κ2) is 4.04. The Hall–Kier alpha value is -0.120. The zero-order valence-electron chi connectivity index (χ0n) is 8.31. The van der Waals surface area contributed by atoms with Crippen LogP contribution in [0.15, 0.2) is 0 Å². The lowest BCUT2D eigenvalue weighted by Crippen LogP contribution is -2.57. The molecule has 0 radical (unpaired) electrons. The maximum absolute atomic E-state index is 5.67. The largest absolute Gasteiger partial charge is 0.329 e. The van der Waals surface area contributed by atoms with Gasteiger partial charge in [-0.2, -0.15) is 0 Å². The number of nitrogens with zero attached hydrogens (tertiary/aromatic N) is 1. The van der Waals surface area contributed by atoms with Crippen LogP contribution in [0.5, 0.6) is 0 Å². The molecule has 0 spiro atoms. The quantitative estimate of drug-likeness (QED) is 0.584. The van der Waals surface area contributed by atoms with Crippen LogP contribution in [0.3, 0.4) is 0 Å². The van der Waals surface area contributed by atoms with Crippen molar-refractivity contribution in [2.24, 2.45) is 11.7 Å². The third-order valence-electron chi connectivity index (χ3n) is 2.18. The molecule has 0 aliphatic heterocycles. The fraction of sp³-hybridized carbons (Fsp3) is 1.00. The van der Waals surface area contributed by atoms with Crippen LogP contribution in [0.1, 0.15) is 20.8 Å². The van der Waals surface area contributed by atoms with Crippen LogP contribution in [0.4, 0.5) is 0 Å². The molecular formula is C8H21N3. The minimum absolute atomic E-state index is 0.0174. The molecule has 0 saturated carbocycles. The Morgan fingerprint density at radius 1 is 1.45 bits per heavy atom. The highest BCUT2D eigenvalue weighted by molar-refractivity contribution is 4.85. The van der Waals surface area contributed by atoms with Gasteiger partial charge in [0.15, 0.2) is 0 Å². The monoisotopic (exact) mass is 159 g/mol. The van der Waals surface area contributed by atoms with Gasteiger partial charge in [0.25, 0.3) is 0 Å². The molecule has 0 bridgehead atoms. The van der Waals surface area contributed by atoms with E-state index in [0.717, 1.165) is 0 Å². The molecule has 0 aromatic heterocycles. The average Bonchev–Trinajstić information content (AvgIpc) is 1.86. The average molecular weight is 159 g/mol. The van der Waals surface area contributed by atoms with Crippen molar-refractivity contribution in [3.63, 3.8) is 0 Å². The molecule has 0 aliphatic carbocycles. The predicted octanol–water partition coefficient (Wildman–Crippen LogP) is 0.426. The Morgan fingerprint density at radius 2 is 1.91 bits per heavy atom. The Kier molecular flexibility index (Phi) is 4.00. The van der Waals surface area contributed by atoms with E-state index < -0.39 is 0 Å². The number of nitrogens with one attached hydrogen (secondary N) is 1. The van der Waals surface area contributed by atoms with Crippen LogP contribution in [-0.4, -0.2) is 31.2 Å². The van der Waals surface area contributed by atoms with Crippen molar-refractivity contribution >= 4 is 0 Å². The summed E-state index contributed by atoms with van der Waals surface area (Å²) in [7, 11) is 3.96. The lowest BCUT2D eigenvalue weighted by atomic mass is 9.89. The molecule has 68 valence electrons. The van der Waals surface area contributed by atoms with E-state index in [1.807, 2.05) is 19.1 Å². The van der Waals surface area contributed by atoms with Crippen molar-refractivity contribution in [3.05, 3.63) is 0 Å². The van der Waals surface area contributed by atoms with E-state index >= 15 is 0 Å². The van der Waals surface area contributed by atoms with E-state index in [2.05, 4.69) is 26.2 Å². The highest BCUT2D eigenvalue weighted by atomic mass is 15.5. The maximum atomic E-state index is 5.67. The lowest BCUT2D eigenvalue weighted by Gasteiger charge is -2.36. The van der Waals surface area contributed by atoms with E-state index in [-0.39, 0.29) is 5.54 Å². The Morgan fingerprint density at radius 3 is 2.00 bits per heavy atom. The van der Waals surface area contributed by atoms with Gasteiger partial charge in [0.1, 0.15) is 0 Å². The van der Waals surface area contributed by atoms with Crippen molar-refractivity contribution in [2.75, 3.05) is 20.6 Å². The summed E-state index contributed by atoms with van der Waals surface area (Å²) in [6.07, 6.45) is 0. The van der Waals surface area contributed by atoms with Crippen LogP contribution in [-0.2, 0) is 0 Å². The van der Waals surface area contributed by atoms with Crippen molar-refractivity contribution in [1.82, 2.24) is 10.4 Å². The van der Waals surface area contributed by atoms with Gasteiger partial charge in [-0.1, -0.05) is 13.8 Å². The van der Waals surface area contributed by atoms with Crippen LogP contribution >= 0.6 is 0 Å². The molecule has 1 unspecified atom stereocenters. The van der Waals surface area contributed by atoms with E-state index in [4.69, 9.17) is 5.73 Å². The summed E-state index contributed by atoms with van der Waals surface area (Å²) in [5, 5.41) is 1.95. The molecule has 11 heavy (non-hydrogen) atoms. The molecule has 0 aromatic rings. The first-order valence-corrected chi connectivity index (χ1v) is 4.07. The Bertz CT molecular complexity index is 112. The van der Waals surface area contributed by atoms with Gasteiger partial charge in [-0.25, -0.2) is 5.43 Å².